The van der Waals surface area contributed by atoms with Crippen molar-refractivity contribution in [2.24, 2.45) is 46.3 Å². The lowest BCUT2D eigenvalue weighted by Gasteiger charge is -2.58. The van der Waals surface area contributed by atoms with Crippen LogP contribution in [0, 0.1) is 46.3 Å². The highest BCUT2D eigenvalue weighted by Gasteiger charge is 2.59. The number of carbonyl (C=O) groups excluding carboxylic acids is 1. The van der Waals surface area contributed by atoms with E-state index in [4.69, 9.17) is 4.74 Å². The molecular weight excluding hydrogens is 506 g/mol. The predicted octanol–water partition coefficient (Wildman–Crippen LogP) is 8.16. The molecule has 0 saturated heterocycles. The Balaban J connectivity index is 1.42. The fourth-order valence-electron chi connectivity index (χ4n) is 10.2. The van der Waals surface area contributed by atoms with Gasteiger partial charge in [0, 0.05) is 6.42 Å². The molecule has 8 atom stereocenters. The molecule has 0 aliphatic heterocycles. The molecule has 0 aromatic rings. The van der Waals surface area contributed by atoms with Crippen molar-refractivity contribution in [2.75, 3.05) is 55.6 Å². The van der Waals surface area contributed by atoms with E-state index in [1.54, 1.807) is 5.57 Å². The number of amides is 1. The number of carbonyl (C=O) groups is 1. The van der Waals surface area contributed by atoms with Gasteiger partial charge in [-0.3, -0.25) is 0 Å². The molecule has 5 heteroatoms. The van der Waals surface area contributed by atoms with Gasteiger partial charge in [0.1, 0.15) is 6.10 Å². The molecule has 8 unspecified atom stereocenters. The van der Waals surface area contributed by atoms with Crippen LogP contribution in [0.2, 0.25) is 0 Å². The number of hydrogen-bond donors (Lipinski definition) is 0. The molecule has 3 saturated carbocycles. The van der Waals surface area contributed by atoms with Gasteiger partial charge in [-0.15, -0.1) is 0 Å². The maximum Gasteiger partial charge on any atom is 0.418 e. The third kappa shape index (κ3) is 7.36. The lowest BCUT2D eigenvalue weighted by atomic mass is 9.47. The summed E-state index contributed by atoms with van der Waals surface area (Å²) in [6, 6.07) is 0. The van der Waals surface area contributed by atoms with Gasteiger partial charge in [0.25, 0.3) is 0 Å². The number of nitrogens with zero attached hydrogens (tertiary/aromatic N) is 3. The van der Waals surface area contributed by atoms with Crippen molar-refractivity contribution in [3.8, 4) is 0 Å². The van der Waals surface area contributed by atoms with Crippen molar-refractivity contribution in [3.63, 3.8) is 0 Å². The van der Waals surface area contributed by atoms with Gasteiger partial charge in [-0.2, -0.15) is 0 Å². The number of allylic oxidation sites excluding steroid dienone is 1. The molecule has 0 radical (unpaired) electrons. The fraction of sp³-hybridized carbons (Fsp3) is 0.917. The van der Waals surface area contributed by atoms with Crippen molar-refractivity contribution >= 4 is 6.09 Å². The lowest BCUT2D eigenvalue weighted by Crippen LogP contribution is -2.55. The van der Waals surface area contributed by atoms with Gasteiger partial charge >= 0.3 is 6.09 Å². The van der Waals surface area contributed by atoms with Crippen molar-refractivity contribution in [2.45, 2.75) is 111 Å². The normalized spacial score (nSPS) is 36.2. The Labute approximate surface area is 254 Å². The summed E-state index contributed by atoms with van der Waals surface area (Å²) in [5, 5.41) is 0. The van der Waals surface area contributed by atoms with E-state index in [1.165, 1.54) is 57.8 Å². The summed E-state index contributed by atoms with van der Waals surface area (Å²) in [4.78, 5) is 15.4. The molecule has 4 aliphatic carbocycles. The Morgan fingerprint density at radius 1 is 0.927 bits per heavy atom. The summed E-state index contributed by atoms with van der Waals surface area (Å²) in [7, 11) is 12.8. The molecule has 41 heavy (non-hydrogen) atoms. The Morgan fingerprint density at radius 2 is 1.59 bits per heavy atom. The van der Waals surface area contributed by atoms with E-state index in [0.717, 1.165) is 48.3 Å². The number of rotatable bonds is 10. The van der Waals surface area contributed by atoms with Crippen LogP contribution < -0.4 is 0 Å². The van der Waals surface area contributed by atoms with Crippen LogP contribution in [-0.2, 0) is 4.74 Å². The second-order valence-corrected chi connectivity index (χ2v) is 17.9. The van der Waals surface area contributed by atoms with Crippen LogP contribution in [0.15, 0.2) is 11.6 Å². The highest BCUT2D eigenvalue weighted by atomic mass is 16.6. The summed E-state index contributed by atoms with van der Waals surface area (Å²) >= 11 is 0. The van der Waals surface area contributed by atoms with E-state index < -0.39 is 0 Å². The molecular formula is C36H67N3O2+2. The van der Waals surface area contributed by atoms with Crippen LogP contribution in [0.25, 0.3) is 0 Å². The minimum Gasteiger partial charge on any atom is -0.446 e. The van der Waals surface area contributed by atoms with Crippen molar-refractivity contribution < 1.29 is 18.5 Å². The van der Waals surface area contributed by atoms with Crippen LogP contribution >= 0.6 is 0 Å². The summed E-state index contributed by atoms with van der Waals surface area (Å²) in [5.74, 6) is 5.15. The molecule has 0 aromatic carbocycles. The summed E-state index contributed by atoms with van der Waals surface area (Å²) in [5.41, 5.74) is 2.43. The van der Waals surface area contributed by atoms with E-state index in [2.05, 4.69) is 83.0 Å². The smallest absolute Gasteiger partial charge is 0.418 e. The first kappa shape index (κ1) is 32.8. The quantitative estimate of drug-likeness (QED) is 0.150. The highest BCUT2D eigenvalue weighted by molar-refractivity contribution is 5.67. The average Bonchev–Trinajstić information content (AvgIpc) is 3.19. The number of fused-ring (bicyclic) bond motifs is 5. The lowest BCUT2D eigenvalue weighted by molar-refractivity contribution is -0.906. The molecule has 0 bridgehead atoms. The van der Waals surface area contributed by atoms with Crippen LogP contribution in [0.5, 0.6) is 0 Å². The molecule has 1 amide bonds. The Hall–Kier alpha value is -1.07. The largest absolute Gasteiger partial charge is 0.446 e. The van der Waals surface area contributed by atoms with E-state index in [1.807, 2.05) is 4.90 Å². The second kappa shape index (κ2) is 12.1. The average molecular weight is 574 g/mol. The molecule has 4 aliphatic rings. The second-order valence-electron chi connectivity index (χ2n) is 17.9. The van der Waals surface area contributed by atoms with Gasteiger partial charge in [-0.25, -0.2) is 9.69 Å². The summed E-state index contributed by atoms with van der Waals surface area (Å²) in [6.45, 7) is 13.9. The van der Waals surface area contributed by atoms with Crippen molar-refractivity contribution in [1.29, 1.82) is 0 Å². The van der Waals surface area contributed by atoms with Crippen LogP contribution in [0.4, 0.5) is 4.79 Å². The highest BCUT2D eigenvalue weighted by Crippen LogP contribution is 2.67. The van der Waals surface area contributed by atoms with E-state index in [9.17, 15) is 4.79 Å². The third-order valence-electron chi connectivity index (χ3n) is 12.0. The number of quaternary nitrogens is 2. The Bertz CT molecular complexity index is 929. The first-order valence-electron chi connectivity index (χ1n) is 17.2. The van der Waals surface area contributed by atoms with E-state index in [-0.39, 0.29) is 12.2 Å². The van der Waals surface area contributed by atoms with Gasteiger partial charge in [-0.1, -0.05) is 65.5 Å². The summed E-state index contributed by atoms with van der Waals surface area (Å²) in [6.07, 6.45) is 16.8. The van der Waals surface area contributed by atoms with Gasteiger partial charge in [0.15, 0.2) is 13.3 Å². The van der Waals surface area contributed by atoms with E-state index in [0.29, 0.717) is 33.1 Å². The van der Waals surface area contributed by atoms with Gasteiger partial charge in [0.05, 0.1) is 42.3 Å². The minimum absolute atomic E-state index is 0.0113. The van der Waals surface area contributed by atoms with Gasteiger partial charge in [-0.05, 0) is 91.3 Å². The zero-order valence-electron chi connectivity index (χ0n) is 29.0. The van der Waals surface area contributed by atoms with Crippen LogP contribution in [-0.4, -0.2) is 81.7 Å². The molecule has 0 heterocycles. The maximum atomic E-state index is 13.4. The molecule has 5 nitrogen and oxygen atoms in total. The third-order valence-corrected chi connectivity index (χ3v) is 12.0. The van der Waals surface area contributed by atoms with Crippen LogP contribution in [0.3, 0.4) is 0 Å². The van der Waals surface area contributed by atoms with Gasteiger partial charge < -0.3 is 13.7 Å². The molecule has 0 spiro atoms. The zero-order valence-corrected chi connectivity index (χ0v) is 29.0. The number of ether oxygens (including phenoxy) is 1. The first-order valence-corrected chi connectivity index (χ1v) is 17.2. The van der Waals surface area contributed by atoms with Crippen molar-refractivity contribution in [1.82, 2.24) is 4.90 Å². The first-order chi connectivity index (χ1) is 18.9. The molecule has 4 rings (SSSR count). The molecule has 0 N–H and O–H groups in total. The van der Waals surface area contributed by atoms with E-state index >= 15 is 0 Å². The predicted molar refractivity (Wildman–Crippen MR) is 171 cm³/mol. The number of hydrogen-bond acceptors (Lipinski definition) is 2. The monoisotopic (exact) mass is 574 g/mol. The Kier molecular flexibility index (Phi) is 9.72. The molecule has 3 fully saturated rings. The Morgan fingerprint density at radius 3 is 2.20 bits per heavy atom. The van der Waals surface area contributed by atoms with Gasteiger partial charge in [0.2, 0.25) is 0 Å². The van der Waals surface area contributed by atoms with Crippen LogP contribution in [0.1, 0.15) is 105 Å². The fourth-order valence-corrected chi connectivity index (χ4v) is 10.2. The standard InChI is InChI=1S/C36H67N3O2/c1-26(2)13-12-14-27(3)31-17-18-32-30-16-15-28-23-29(19-21-35(28,4)33(30)20-22-36(31,32)5)41-34(40)37(24-38(6,7)8)25-39(9,10)11/h15,26-27,29-33H,12-14,16-25H2,1-11H3/q+2. The minimum atomic E-state index is -0.137. The zero-order chi connectivity index (χ0) is 30.4. The van der Waals surface area contributed by atoms with Crippen molar-refractivity contribution in [3.05, 3.63) is 11.6 Å². The maximum absolute atomic E-state index is 13.4. The molecule has 236 valence electrons. The molecule has 0 aromatic heterocycles. The SMILES string of the molecule is CC(C)CCCC(C)C1CCC2C3CC=C4CC(OC(=O)N(C[N+](C)(C)C)C[N+](C)(C)C)CCC4(C)C3CCC12C. The summed E-state index contributed by atoms with van der Waals surface area (Å²) < 4.78 is 7.70. The topological polar surface area (TPSA) is 29.5 Å².